The summed E-state index contributed by atoms with van der Waals surface area (Å²) in [7, 11) is 0. The number of benzene rings is 1. The maximum absolute atomic E-state index is 11.1. The van der Waals surface area contributed by atoms with Crippen LogP contribution in [0, 0.1) is 0 Å². The first-order valence-electron chi connectivity index (χ1n) is 6.11. The Bertz CT molecular complexity index is 366. The first kappa shape index (κ1) is 12.7. The molecule has 3 heteroatoms. The van der Waals surface area contributed by atoms with Gasteiger partial charge in [-0.3, -0.25) is 4.79 Å². The SMILES string of the molecule is CC(=O)c1ccc(SCC2CCCCO2)cc1. The van der Waals surface area contributed by atoms with Gasteiger partial charge >= 0.3 is 0 Å². The molecule has 0 amide bonds. The molecular weight excluding hydrogens is 232 g/mol. The highest BCUT2D eigenvalue weighted by molar-refractivity contribution is 7.99. The number of thioether (sulfide) groups is 1. The fraction of sp³-hybridized carbons (Fsp3) is 0.500. The first-order chi connectivity index (χ1) is 8.25. The summed E-state index contributed by atoms with van der Waals surface area (Å²) in [5.41, 5.74) is 0.781. The van der Waals surface area contributed by atoms with Crippen molar-refractivity contribution in [1.82, 2.24) is 0 Å². The lowest BCUT2D eigenvalue weighted by Gasteiger charge is -2.22. The average Bonchev–Trinajstić information content (AvgIpc) is 2.38. The predicted octanol–water partition coefficient (Wildman–Crippen LogP) is 3.55. The van der Waals surface area contributed by atoms with Crippen LogP contribution >= 0.6 is 11.8 Å². The molecule has 17 heavy (non-hydrogen) atoms. The minimum absolute atomic E-state index is 0.122. The van der Waals surface area contributed by atoms with Crippen molar-refractivity contribution in [2.75, 3.05) is 12.4 Å². The van der Waals surface area contributed by atoms with E-state index in [1.807, 2.05) is 36.0 Å². The third-order valence-electron chi connectivity index (χ3n) is 2.97. The number of rotatable bonds is 4. The molecule has 92 valence electrons. The molecule has 1 unspecified atom stereocenters. The summed E-state index contributed by atoms with van der Waals surface area (Å²) in [6, 6.07) is 7.83. The number of ether oxygens (including phenoxy) is 1. The van der Waals surface area contributed by atoms with Crippen LogP contribution < -0.4 is 0 Å². The molecule has 1 saturated heterocycles. The Hall–Kier alpha value is -0.800. The fourth-order valence-corrected chi connectivity index (χ4v) is 2.88. The highest BCUT2D eigenvalue weighted by atomic mass is 32.2. The Labute approximate surface area is 107 Å². The van der Waals surface area contributed by atoms with Crippen LogP contribution in [0.25, 0.3) is 0 Å². The molecule has 0 aliphatic carbocycles. The van der Waals surface area contributed by atoms with Gasteiger partial charge < -0.3 is 4.74 Å². The van der Waals surface area contributed by atoms with Gasteiger partial charge in [0.1, 0.15) is 0 Å². The molecule has 0 radical (unpaired) electrons. The van der Waals surface area contributed by atoms with Crippen LogP contribution in [0.4, 0.5) is 0 Å². The van der Waals surface area contributed by atoms with E-state index < -0.39 is 0 Å². The molecule has 2 nitrogen and oxygen atoms in total. The van der Waals surface area contributed by atoms with E-state index in [1.165, 1.54) is 24.2 Å². The smallest absolute Gasteiger partial charge is 0.159 e. The van der Waals surface area contributed by atoms with Crippen molar-refractivity contribution in [3.8, 4) is 0 Å². The fourth-order valence-electron chi connectivity index (χ4n) is 1.91. The van der Waals surface area contributed by atoms with E-state index in [1.54, 1.807) is 6.92 Å². The van der Waals surface area contributed by atoms with E-state index in [4.69, 9.17) is 4.74 Å². The van der Waals surface area contributed by atoms with Gasteiger partial charge in [-0.05, 0) is 38.3 Å². The summed E-state index contributed by atoms with van der Waals surface area (Å²) in [6.45, 7) is 2.51. The molecule has 1 aliphatic heterocycles. The van der Waals surface area contributed by atoms with Gasteiger partial charge in [0.05, 0.1) is 6.10 Å². The predicted molar refractivity (Wildman–Crippen MR) is 70.8 cm³/mol. The molecule has 2 rings (SSSR count). The average molecular weight is 250 g/mol. The summed E-state index contributed by atoms with van der Waals surface area (Å²) in [6.07, 6.45) is 4.07. The Kier molecular flexibility index (Phi) is 4.63. The Morgan fingerprint density at radius 2 is 2.12 bits per heavy atom. The molecule has 0 spiro atoms. The van der Waals surface area contributed by atoms with Crippen LogP contribution in [0.15, 0.2) is 29.2 Å². The lowest BCUT2D eigenvalue weighted by atomic mass is 10.1. The second-order valence-electron chi connectivity index (χ2n) is 4.38. The Morgan fingerprint density at radius 1 is 1.35 bits per heavy atom. The zero-order valence-electron chi connectivity index (χ0n) is 10.1. The molecule has 1 fully saturated rings. The molecule has 0 saturated carbocycles. The molecule has 1 aromatic carbocycles. The summed E-state index contributed by atoms with van der Waals surface area (Å²) in [5, 5.41) is 0. The van der Waals surface area contributed by atoms with E-state index in [2.05, 4.69) is 0 Å². The summed E-state index contributed by atoms with van der Waals surface area (Å²) < 4.78 is 5.69. The number of hydrogen-bond donors (Lipinski definition) is 0. The normalized spacial score (nSPS) is 20.2. The summed E-state index contributed by atoms with van der Waals surface area (Å²) >= 11 is 1.81. The summed E-state index contributed by atoms with van der Waals surface area (Å²) in [4.78, 5) is 12.3. The molecular formula is C14H18O2S. The molecule has 1 aliphatic rings. The molecule has 1 heterocycles. The van der Waals surface area contributed by atoms with Crippen LogP contribution in [-0.4, -0.2) is 24.2 Å². The third kappa shape index (κ3) is 3.86. The van der Waals surface area contributed by atoms with Crippen LogP contribution in [0.3, 0.4) is 0 Å². The second-order valence-corrected chi connectivity index (χ2v) is 5.47. The summed E-state index contributed by atoms with van der Waals surface area (Å²) in [5.74, 6) is 1.14. The lowest BCUT2D eigenvalue weighted by Crippen LogP contribution is -2.21. The van der Waals surface area contributed by atoms with E-state index >= 15 is 0 Å². The van der Waals surface area contributed by atoms with Crippen molar-refractivity contribution < 1.29 is 9.53 Å². The van der Waals surface area contributed by atoms with E-state index in [0.717, 1.165) is 17.9 Å². The van der Waals surface area contributed by atoms with E-state index in [9.17, 15) is 4.79 Å². The minimum Gasteiger partial charge on any atom is -0.377 e. The van der Waals surface area contributed by atoms with Crippen molar-refractivity contribution in [2.24, 2.45) is 0 Å². The maximum Gasteiger partial charge on any atom is 0.159 e. The van der Waals surface area contributed by atoms with Crippen molar-refractivity contribution >= 4 is 17.5 Å². The van der Waals surface area contributed by atoms with Crippen LogP contribution in [0.5, 0.6) is 0 Å². The first-order valence-corrected chi connectivity index (χ1v) is 7.09. The zero-order valence-corrected chi connectivity index (χ0v) is 11.0. The van der Waals surface area contributed by atoms with Gasteiger partial charge in [-0.15, -0.1) is 11.8 Å². The number of carbonyl (C=O) groups is 1. The van der Waals surface area contributed by atoms with Crippen LogP contribution in [0.2, 0.25) is 0 Å². The Balaban J connectivity index is 1.84. The second kappa shape index (κ2) is 6.22. The van der Waals surface area contributed by atoms with Gasteiger partial charge in [-0.1, -0.05) is 12.1 Å². The minimum atomic E-state index is 0.122. The number of Topliss-reactive ketones (excluding diaryl/α,β-unsaturated/α-hetero) is 1. The molecule has 0 aromatic heterocycles. The number of carbonyl (C=O) groups excluding carboxylic acids is 1. The van der Waals surface area contributed by atoms with Gasteiger partial charge in [0.15, 0.2) is 5.78 Å². The van der Waals surface area contributed by atoms with Crippen molar-refractivity contribution in [3.05, 3.63) is 29.8 Å². The molecule has 1 atom stereocenters. The van der Waals surface area contributed by atoms with Gasteiger partial charge in [0, 0.05) is 22.8 Å². The monoisotopic (exact) mass is 250 g/mol. The quantitative estimate of drug-likeness (QED) is 0.604. The highest BCUT2D eigenvalue weighted by Gasteiger charge is 2.13. The van der Waals surface area contributed by atoms with Crippen molar-refractivity contribution in [2.45, 2.75) is 37.2 Å². The van der Waals surface area contributed by atoms with Crippen LogP contribution in [-0.2, 0) is 4.74 Å². The topological polar surface area (TPSA) is 26.3 Å². The maximum atomic E-state index is 11.1. The molecule has 0 N–H and O–H groups in total. The van der Waals surface area contributed by atoms with Crippen LogP contribution in [0.1, 0.15) is 36.5 Å². The third-order valence-corrected chi connectivity index (χ3v) is 4.11. The van der Waals surface area contributed by atoms with Gasteiger partial charge in [-0.25, -0.2) is 0 Å². The Morgan fingerprint density at radius 3 is 2.71 bits per heavy atom. The van der Waals surface area contributed by atoms with Gasteiger partial charge in [-0.2, -0.15) is 0 Å². The standard InChI is InChI=1S/C14H18O2S/c1-11(15)12-5-7-14(8-6-12)17-10-13-4-2-3-9-16-13/h5-8,13H,2-4,9-10H2,1H3. The van der Waals surface area contributed by atoms with Crippen molar-refractivity contribution in [3.63, 3.8) is 0 Å². The van der Waals surface area contributed by atoms with Crippen molar-refractivity contribution in [1.29, 1.82) is 0 Å². The molecule has 0 bridgehead atoms. The van der Waals surface area contributed by atoms with Gasteiger partial charge in [0.25, 0.3) is 0 Å². The number of ketones is 1. The largest absolute Gasteiger partial charge is 0.377 e. The van der Waals surface area contributed by atoms with E-state index in [0.29, 0.717) is 6.10 Å². The van der Waals surface area contributed by atoms with E-state index in [-0.39, 0.29) is 5.78 Å². The molecule has 1 aromatic rings. The lowest BCUT2D eigenvalue weighted by molar-refractivity contribution is 0.0315. The zero-order chi connectivity index (χ0) is 12.1. The highest BCUT2D eigenvalue weighted by Crippen LogP contribution is 2.23. The number of hydrogen-bond acceptors (Lipinski definition) is 3. The van der Waals surface area contributed by atoms with Gasteiger partial charge in [0.2, 0.25) is 0 Å².